The number of thioether (sulfide) groups is 1. The van der Waals surface area contributed by atoms with E-state index in [4.69, 9.17) is 0 Å². The number of hydrogen-bond acceptors (Lipinski definition) is 5. The van der Waals surface area contributed by atoms with E-state index >= 15 is 0 Å². The van der Waals surface area contributed by atoms with Crippen molar-refractivity contribution in [3.63, 3.8) is 0 Å². The average molecular weight is 264 g/mol. The minimum Gasteiger partial charge on any atom is -0.366 e. The number of aromatic nitrogens is 2. The second-order valence-electron chi connectivity index (χ2n) is 5.08. The predicted octanol–water partition coefficient (Wildman–Crippen LogP) is 2.24. The first-order valence-corrected chi connectivity index (χ1v) is 7.96. The van der Waals surface area contributed by atoms with Gasteiger partial charge < -0.3 is 5.32 Å². The van der Waals surface area contributed by atoms with Crippen LogP contribution >= 0.6 is 11.8 Å². The summed E-state index contributed by atoms with van der Waals surface area (Å²) in [5.41, 5.74) is 0. The molecule has 2 fully saturated rings. The van der Waals surface area contributed by atoms with Crippen molar-refractivity contribution in [2.45, 2.75) is 42.8 Å². The van der Waals surface area contributed by atoms with Gasteiger partial charge in [0.1, 0.15) is 17.2 Å². The van der Waals surface area contributed by atoms with Crippen LogP contribution in [-0.4, -0.2) is 46.3 Å². The van der Waals surface area contributed by atoms with Crippen molar-refractivity contribution in [2.24, 2.45) is 0 Å². The molecule has 4 nitrogen and oxygen atoms in total. The molecule has 0 aromatic carbocycles. The zero-order valence-electron chi connectivity index (χ0n) is 10.8. The van der Waals surface area contributed by atoms with Gasteiger partial charge in [-0.05, 0) is 32.1 Å². The van der Waals surface area contributed by atoms with Crippen LogP contribution in [0.4, 0.5) is 5.82 Å². The average Bonchev–Trinajstić information content (AvgIpc) is 2.83. The number of piperidine rings is 1. The lowest BCUT2D eigenvalue weighted by molar-refractivity contribution is 0.192. The molecule has 3 rings (SSSR count). The molecule has 1 aromatic rings. The summed E-state index contributed by atoms with van der Waals surface area (Å²) >= 11 is 1.66. The van der Waals surface area contributed by atoms with E-state index in [0.29, 0.717) is 12.1 Å². The zero-order valence-corrected chi connectivity index (χ0v) is 11.6. The van der Waals surface area contributed by atoms with E-state index in [9.17, 15) is 0 Å². The first kappa shape index (κ1) is 12.2. The van der Waals surface area contributed by atoms with Gasteiger partial charge in [0.15, 0.2) is 0 Å². The summed E-state index contributed by atoms with van der Waals surface area (Å²) in [6.07, 6.45) is 9.01. The van der Waals surface area contributed by atoms with Crippen LogP contribution in [0.25, 0.3) is 0 Å². The molecule has 2 atom stereocenters. The molecule has 0 amide bonds. The van der Waals surface area contributed by atoms with Crippen molar-refractivity contribution < 1.29 is 0 Å². The number of hydrogen-bond donors (Lipinski definition) is 1. The van der Waals surface area contributed by atoms with Crippen LogP contribution in [0.3, 0.4) is 0 Å². The number of fused-ring (bicyclic) bond motifs is 1. The third-order valence-electron chi connectivity index (χ3n) is 4.04. The number of rotatable bonds is 3. The summed E-state index contributed by atoms with van der Waals surface area (Å²) in [4.78, 5) is 11.2. The monoisotopic (exact) mass is 264 g/mol. The highest BCUT2D eigenvalue weighted by Gasteiger charge is 2.35. The van der Waals surface area contributed by atoms with Crippen LogP contribution in [0, 0.1) is 0 Å². The summed E-state index contributed by atoms with van der Waals surface area (Å²) in [5, 5.41) is 4.64. The maximum atomic E-state index is 4.33. The smallest absolute Gasteiger partial charge is 0.130 e. The largest absolute Gasteiger partial charge is 0.366 e. The SMILES string of the molecule is CSc1cc(NC2CCN3CCCCC23)ncn1. The zero-order chi connectivity index (χ0) is 12.4. The molecular weight excluding hydrogens is 244 g/mol. The molecule has 5 heteroatoms. The summed E-state index contributed by atoms with van der Waals surface area (Å²) in [7, 11) is 0. The Hall–Kier alpha value is -0.810. The van der Waals surface area contributed by atoms with Crippen molar-refractivity contribution >= 4 is 17.6 Å². The highest BCUT2D eigenvalue weighted by atomic mass is 32.2. The summed E-state index contributed by atoms with van der Waals surface area (Å²) < 4.78 is 0. The van der Waals surface area contributed by atoms with Crippen LogP contribution in [0.15, 0.2) is 17.4 Å². The molecule has 0 saturated carbocycles. The van der Waals surface area contributed by atoms with Gasteiger partial charge in [0.2, 0.25) is 0 Å². The maximum Gasteiger partial charge on any atom is 0.130 e. The van der Waals surface area contributed by atoms with Crippen LogP contribution < -0.4 is 5.32 Å². The van der Waals surface area contributed by atoms with Gasteiger partial charge in [0.25, 0.3) is 0 Å². The number of anilines is 1. The van der Waals surface area contributed by atoms with Gasteiger partial charge in [0, 0.05) is 24.7 Å². The lowest BCUT2D eigenvalue weighted by Crippen LogP contribution is -2.41. The molecular formula is C13H20N4S. The van der Waals surface area contributed by atoms with Gasteiger partial charge >= 0.3 is 0 Å². The highest BCUT2D eigenvalue weighted by molar-refractivity contribution is 7.98. The van der Waals surface area contributed by atoms with Crippen molar-refractivity contribution in [1.29, 1.82) is 0 Å². The third-order valence-corrected chi connectivity index (χ3v) is 4.68. The quantitative estimate of drug-likeness (QED) is 0.670. The van der Waals surface area contributed by atoms with Gasteiger partial charge in [-0.3, -0.25) is 4.90 Å². The first-order chi connectivity index (χ1) is 8.86. The minimum atomic E-state index is 0.565. The lowest BCUT2D eigenvalue weighted by atomic mass is 9.99. The standard InChI is InChI=1S/C13H20N4S/c1-18-13-8-12(14-9-15-13)16-10-5-7-17-6-3-2-4-11(10)17/h8-11H,2-7H2,1H3,(H,14,15,16). The van der Waals surface area contributed by atoms with E-state index in [2.05, 4.69) is 26.3 Å². The Kier molecular flexibility index (Phi) is 3.70. The van der Waals surface area contributed by atoms with E-state index < -0.39 is 0 Å². The molecule has 0 radical (unpaired) electrons. The topological polar surface area (TPSA) is 41.0 Å². The second-order valence-corrected chi connectivity index (χ2v) is 5.91. The fourth-order valence-electron chi connectivity index (χ4n) is 3.14. The molecule has 0 aliphatic carbocycles. The van der Waals surface area contributed by atoms with Crippen LogP contribution in [0.1, 0.15) is 25.7 Å². The van der Waals surface area contributed by atoms with Crippen LogP contribution in [0.5, 0.6) is 0 Å². The molecule has 2 unspecified atom stereocenters. The summed E-state index contributed by atoms with van der Waals surface area (Å²) in [6.45, 7) is 2.52. The highest BCUT2D eigenvalue weighted by Crippen LogP contribution is 2.29. The van der Waals surface area contributed by atoms with E-state index in [0.717, 1.165) is 10.8 Å². The number of nitrogens with zero attached hydrogens (tertiary/aromatic N) is 3. The molecule has 18 heavy (non-hydrogen) atoms. The van der Waals surface area contributed by atoms with Gasteiger partial charge in [-0.1, -0.05) is 6.42 Å². The normalized spacial score (nSPS) is 28.1. The Labute approximate surface area is 113 Å². The predicted molar refractivity (Wildman–Crippen MR) is 75.1 cm³/mol. The Balaban J connectivity index is 1.68. The second kappa shape index (κ2) is 5.45. The summed E-state index contributed by atoms with van der Waals surface area (Å²) in [5.74, 6) is 0.978. The Morgan fingerprint density at radius 1 is 1.28 bits per heavy atom. The van der Waals surface area contributed by atoms with E-state index in [1.54, 1.807) is 18.1 Å². The van der Waals surface area contributed by atoms with Gasteiger partial charge in [0.05, 0.1) is 0 Å². The molecule has 1 N–H and O–H groups in total. The molecule has 2 aliphatic heterocycles. The molecule has 98 valence electrons. The lowest BCUT2D eigenvalue weighted by Gasteiger charge is -2.32. The molecule has 0 bridgehead atoms. The Morgan fingerprint density at radius 3 is 3.11 bits per heavy atom. The van der Waals surface area contributed by atoms with Gasteiger partial charge in [-0.15, -0.1) is 11.8 Å². The molecule has 0 spiro atoms. The van der Waals surface area contributed by atoms with Gasteiger partial charge in [-0.2, -0.15) is 0 Å². The van der Waals surface area contributed by atoms with Crippen molar-refractivity contribution in [3.05, 3.63) is 12.4 Å². The van der Waals surface area contributed by atoms with Gasteiger partial charge in [-0.25, -0.2) is 9.97 Å². The molecule has 2 saturated heterocycles. The fraction of sp³-hybridized carbons (Fsp3) is 0.692. The van der Waals surface area contributed by atoms with Crippen molar-refractivity contribution in [1.82, 2.24) is 14.9 Å². The molecule has 2 aliphatic rings. The number of nitrogens with one attached hydrogen (secondary N) is 1. The molecule has 3 heterocycles. The Bertz CT molecular complexity index is 412. The summed E-state index contributed by atoms with van der Waals surface area (Å²) in [6, 6.07) is 3.33. The van der Waals surface area contributed by atoms with E-state index in [1.165, 1.54) is 38.8 Å². The molecule has 1 aromatic heterocycles. The van der Waals surface area contributed by atoms with E-state index in [-0.39, 0.29) is 0 Å². The van der Waals surface area contributed by atoms with Crippen LogP contribution in [0.2, 0.25) is 0 Å². The first-order valence-electron chi connectivity index (χ1n) is 6.73. The fourth-order valence-corrected chi connectivity index (χ4v) is 3.52. The minimum absolute atomic E-state index is 0.565. The van der Waals surface area contributed by atoms with Crippen molar-refractivity contribution in [2.75, 3.05) is 24.7 Å². The van der Waals surface area contributed by atoms with Crippen molar-refractivity contribution in [3.8, 4) is 0 Å². The Morgan fingerprint density at radius 2 is 2.22 bits per heavy atom. The third kappa shape index (κ3) is 2.47. The maximum absolute atomic E-state index is 4.33. The van der Waals surface area contributed by atoms with Crippen LogP contribution in [-0.2, 0) is 0 Å². The van der Waals surface area contributed by atoms with E-state index in [1.807, 2.05) is 6.26 Å².